The zero-order chi connectivity index (χ0) is 13.9. The van der Waals surface area contributed by atoms with Crippen molar-refractivity contribution >= 4 is 11.6 Å². The molecule has 0 bridgehead atoms. The van der Waals surface area contributed by atoms with Gasteiger partial charge in [0.15, 0.2) is 11.5 Å². The molecule has 1 N–H and O–H groups in total. The van der Waals surface area contributed by atoms with Crippen molar-refractivity contribution in [1.29, 1.82) is 0 Å². The van der Waals surface area contributed by atoms with E-state index in [2.05, 4.69) is 17.3 Å². The number of fused-ring (bicyclic) bond motifs is 1. The maximum atomic E-state index is 6.25. The summed E-state index contributed by atoms with van der Waals surface area (Å²) in [5.41, 5.74) is 1.15. The van der Waals surface area contributed by atoms with E-state index in [0.29, 0.717) is 30.0 Å². The van der Waals surface area contributed by atoms with Gasteiger partial charge in [0.1, 0.15) is 13.2 Å². The molecular formula is C15H21ClN2O2. The van der Waals surface area contributed by atoms with Gasteiger partial charge in [-0.25, -0.2) is 0 Å². The highest BCUT2D eigenvalue weighted by molar-refractivity contribution is 6.32. The van der Waals surface area contributed by atoms with Gasteiger partial charge in [0.05, 0.1) is 5.02 Å². The van der Waals surface area contributed by atoms with Crippen LogP contribution in [-0.4, -0.2) is 44.3 Å². The summed E-state index contributed by atoms with van der Waals surface area (Å²) in [6.45, 7) is 4.29. The molecule has 0 saturated carbocycles. The van der Waals surface area contributed by atoms with Crippen LogP contribution in [0.2, 0.25) is 5.02 Å². The molecule has 0 spiro atoms. The molecule has 0 aromatic heterocycles. The maximum absolute atomic E-state index is 6.25. The summed E-state index contributed by atoms with van der Waals surface area (Å²) >= 11 is 6.25. The third-order valence-electron chi connectivity index (χ3n) is 3.88. The first kappa shape index (κ1) is 14.0. The molecular weight excluding hydrogens is 276 g/mol. The van der Waals surface area contributed by atoms with Gasteiger partial charge in [-0.3, -0.25) is 0 Å². The number of nitrogens with zero attached hydrogens (tertiary/aromatic N) is 1. The van der Waals surface area contributed by atoms with Gasteiger partial charge in [-0.1, -0.05) is 11.6 Å². The molecule has 1 fully saturated rings. The lowest BCUT2D eigenvalue weighted by atomic mass is 10.1. The summed E-state index contributed by atoms with van der Waals surface area (Å²) in [6.07, 6.45) is 2.50. The Balaban J connectivity index is 1.64. The lowest BCUT2D eigenvalue weighted by molar-refractivity contribution is 0.171. The molecule has 0 aliphatic carbocycles. The van der Waals surface area contributed by atoms with Crippen LogP contribution in [0.4, 0.5) is 0 Å². The van der Waals surface area contributed by atoms with Gasteiger partial charge in [0, 0.05) is 19.1 Å². The summed E-state index contributed by atoms with van der Waals surface area (Å²) in [6, 6.07) is 4.55. The Hall–Kier alpha value is -0.970. The standard InChI is InChI=1S/C15H21ClN2O2/c1-18-4-2-3-12(10-18)17-9-11-7-13(16)15-14(8-11)19-5-6-20-15/h7-8,12,17H,2-6,9-10H2,1H3. The van der Waals surface area contributed by atoms with Gasteiger partial charge in [-0.15, -0.1) is 0 Å². The van der Waals surface area contributed by atoms with E-state index in [9.17, 15) is 0 Å². The SMILES string of the molecule is CN1CCCC(NCc2cc(Cl)c3c(c2)OCCO3)C1. The van der Waals surface area contributed by atoms with E-state index in [1.54, 1.807) is 0 Å². The summed E-state index contributed by atoms with van der Waals surface area (Å²) in [7, 11) is 2.18. The third kappa shape index (κ3) is 3.19. The van der Waals surface area contributed by atoms with Crippen molar-refractivity contribution in [3.8, 4) is 11.5 Å². The van der Waals surface area contributed by atoms with Gasteiger partial charge in [-0.2, -0.15) is 0 Å². The molecule has 2 aliphatic rings. The van der Waals surface area contributed by atoms with Crippen molar-refractivity contribution in [3.05, 3.63) is 22.7 Å². The predicted molar refractivity (Wildman–Crippen MR) is 79.8 cm³/mol. The molecule has 1 saturated heterocycles. The number of piperidine rings is 1. The topological polar surface area (TPSA) is 33.7 Å². The van der Waals surface area contributed by atoms with E-state index in [1.807, 2.05) is 12.1 Å². The smallest absolute Gasteiger partial charge is 0.179 e. The fraction of sp³-hybridized carbons (Fsp3) is 0.600. The zero-order valence-electron chi connectivity index (χ0n) is 11.8. The number of benzene rings is 1. The highest BCUT2D eigenvalue weighted by atomic mass is 35.5. The van der Waals surface area contributed by atoms with E-state index >= 15 is 0 Å². The van der Waals surface area contributed by atoms with E-state index in [-0.39, 0.29) is 0 Å². The van der Waals surface area contributed by atoms with Gasteiger partial charge in [-0.05, 0) is 44.1 Å². The van der Waals surface area contributed by atoms with Crippen molar-refractivity contribution in [2.24, 2.45) is 0 Å². The minimum absolute atomic E-state index is 0.556. The number of likely N-dealkylation sites (tertiary alicyclic amines) is 1. The molecule has 20 heavy (non-hydrogen) atoms. The van der Waals surface area contributed by atoms with Crippen LogP contribution in [0, 0.1) is 0 Å². The molecule has 5 heteroatoms. The third-order valence-corrected chi connectivity index (χ3v) is 4.16. The summed E-state index contributed by atoms with van der Waals surface area (Å²) in [5, 5.41) is 4.24. The number of rotatable bonds is 3. The second-order valence-electron chi connectivity index (χ2n) is 5.58. The lowest BCUT2D eigenvalue weighted by Crippen LogP contribution is -2.43. The van der Waals surface area contributed by atoms with Crippen molar-refractivity contribution in [3.63, 3.8) is 0 Å². The van der Waals surface area contributed by atoms with Crippen LogP contribution in [-0.2, 0) is 6.54 Å². The van der Waals surface area contributed by atoms with E-state index in [1.165, 1.54) is 19.4 Å². The Labute approximate surface area is 125 Å². The maximum Gasteiger partial charge on any atom is 0.179 e. The average Bonchev–Trinajstić information content (AvgIpc) is 2.45. The van der Waals surface area contributed by atoms with Crippen LogP contribution < -0.4 is 14.8 Å². The molecule has 2 heterocycles. The fourth-order valence-corrected chi connectivity index (χ4v) is 3.15. The molecule has 1 aromatic rings. The van der Waals surface area contributed by atoms with Gasteiger partial charge >= 0.3 is 0 Å². The first-order valence-electron chi connectivity index (χ1n) is 7.22. The van der Waals surface area contributed by atoms with E-state index < -0.39 is 0 Å². The highest BCUT2D eigenvalue weighted by Gasteiger charge is 2.19. The first-order valence-corrected chi connectivity index (χ1v) is 7.60. The average molecular weight is 297 g/mol. The van der Waals surface area contributed by atoms with Crippen LogP contribution in [0.25, 0.3) is 0 Å². The number of nitrogens with one attached hydrogen (secondary N) is 1. The predicted octanol–water partition coefficient (Wildman–Crippen LogP) is 2.29. The Morgan fingerprint density at radius 3 is 3.05 bits per heavy atom. The van der Waals surface area contributed by atoms with Crippen LogP contribution in [0.1, 0.15) is 18.4 Å². The van der Waals surface area contributed by atoms with Crippen LogP contribution in [0.5, 0.6) is 11.5 Å². The van der Waals surface area contributed by atoms with Crippen molar-refractivity contribution in [2.75, 3.05) is 33.4 Å². The number of ether oxygens (including phenoxy) is 2. The number of halogens is 1. The molecule has 2 aliphatic heterocycles. The quantitative estimate of drug-likeness (QED) is 0.928. The normalized spacial score (nSPS) is 22.8. The van der Waals surface area contributed by atoms with E-state index in [4.69, 9.17) is 21.1 Å². The first-order chi connectivity index (χ1) is 9.72. The molecule has 0 amide bonds. The van der Waals surface area contributed by atoms with Gasteiger partial charge in [0.2, 0.25) is 0 Å². The molecule has 3 rings (SSSR count). The van der Waals surface area contributed by atoms with Crippen LogP contribution in [0.3, 0.4) is 0 Å². The Morgan fingerprint density at radius 2 is 2.20 bits per heavy atom. The van der Waals surface area contributed by atoms with Gasteiger partial charge in [0.25, 0.3) is 0 Å². The molecule has 1 unspecified atom stereocenters. The highest BCUT2D eigenvalue weighted by Crippen LogP contribution is 2.38. The summed E-state index contributed by atoms with van der Waals surface area (Å²) < 4.78 is 11.1. The Kier molecular flexibility index (Phi) is 4.34. The second-order valence-corrected chi connectivity index (χ2v) is 5.99. The summed E-state index contributed by atoms with van der Waals surface area (Å²) in [4.78, 5) is 2.37. The molecule has 1 atom stereocenters. The second kappa shape index (κ2) is 6.20. The van der Waals surface area contributed by atoms with Crippen molar-refractivity contribution in [1.82, 2.24) is 10.2 Å². The zero-order valence-corrected chi connectivity index (χ0v) is 12.6. The molecule has 4 nitrogen and oxygen atoms in total. The van der Waals surface area contributed by atoms with E-state index in [0.717, 1.165) is 24.4 Å². The van der Waals surface area contributed by atoms with Crippen LogP contribution >= 0.6 is 11.6 Å². The summed E-state index contributed by atoms with van der Waals surface area (Å²) in [5.74, 6) is 1.44. The number of hydrogen-bond acceptors (Lipinski definition) is 4. The fourth-order valence-electron chi connectivity index (χ4n) is 2.86. The van der Waals surface area contributed by atoms with Gasteiger partial charge < -0.3 is 19.7 Å². The lowest BCUT2D eigenvalue weighted by Gasteiger charge is -2.30. The minimum Gasteiger partial charge on any atom is -0.486 e. The molecule has 0 radical (unpaired) electrons. The Morgan fingerprint density at radius 1 is 1.35 bits per heavy atom. The Bertz CT molecular complexity index is 481. The van der Waals surface area contributed by atoms with Crippen molar-refractivity contribution < 1.29 is 9.47 Å². The number of hydrogen-bond donors (Lipinski definition) is 1. The largest absolute Gasteiger partial charge is 0.486 e. The van der Waals surface area contributed by atoms with Crippen molar-refractivity contribution in [2.45, 2.75) is 25.4 Å². The molecule has 1 aromatic carbocycles. The minimum atomic E-state index is 0.556. The monoisotopic (exact) mass is 296 g/mol. The van der Waals surface area contributed by atoms with Crippen LogP contribution in [0.15, 0.2) is 12.1 Å². The number of likely N-dealkylation sites (N-methyl/N-ethyl adjacent to an activating group) is 1. The molecule has 110 valence electrons.